The molecule has 0 radical (unpaired) electrons. The van der Waals surface area contributed by atoms with Gasteiger partial charge >= 0.3 is 0 Å². The van der Waals surface area contributed by atoms with Crippen molar-refractivity contribution in [2.75, 3.05) is 6.61 Å². The standard InChI is InChI=1S/C15H18BrNOS/c1-3-11-6-8-14(19-11)15(17)12-7-5-10(18-4-2)9-13(12)16/h5-9,15H,3-4,17H2,1-2H3. The van der Waals surface area contributed by atoms with Gasteiger partial charge in [-0.2, -0.15) is 0 Å². The number of hydrogen-bond donors (Lipinski definition) is 1. The summed E-state index contributed by atoms with van der Waals surface area (Å²) in [6.07, 6.45) is 1.06. The highest BCUT2D eigenvalue weighted by molar-refractivity contribution is 9.10. The summed E-state index contributed by atoms with van der Waals surface area (Å²) in [6, 6.07) is 10.2. The second kappa shape index (κ2) is 6.55. The molecule has 0 aliphatic rings. The molecule has 0 saturated carbocycles. The Bertz CT molecular complexity index is 553. The molecule has 102 valence electrons. The Morgan fingerprint density at radius 3 is 2.63 bits per heavy atom. The van der Waals surface area contributed by atoms with Crippen molar-refractivity contribution in [3.63, 3.8) is 0 Å². The van der Waals surface area contributed by atoms with Crippen LogP contribution in [0.25, 0.3) is 0 Å². The molecule has 2 nitrogen and oxygen atoms in total. The quantitative estimate of drug-likeness (QED) is 0.869. The molecule has 19 heavy (non-hydrogen) atoms. The van der Waals surface area contributed by atoms with Crippen molar-refractivity contribution in [1.29, 1.82) is 0 Å². The van der Waals surface area contributed by atoms with Crippen LogP contribution in [0, 0.1) is 0 Å². The lowest BCUT2D eigenvalue weighted by Gasteiger charge is -2.13. The average molecular weight is 340 g/mol. The van der Waals surface area contributed by atoms with Crippen LogP contribution in [0.5, 0.6) is 5.75 Å². The minimum absolute atomic E-state index is 0.0876. The molecule has 0 aliphatic carbocycles. The van der Waals surface area contributed by atoms with E-state index < -0.39 is 0 Å². The number of thiophene rings is 1. The third kappa shape index (κ3) is 3.38. The number of nitrogens with two attached hydrogens (primary N) is 1. The Morgan fingerprint density at radius 2 is 2.05 bits per heavy atom. The number of halogens is 1. The van der Waals surface area contributed by atoms with Crippen molar-refractivity contribution in [3.8, 4) is 5.75 Å². The normalized spacial score (nSPS) is 12.4. The minimum Gasteiger partial charge on any atom is -0.494 e. The van der Waals surface area contributed by atoms with Crippen LogP contribution in [0.4, 0.5) is 0 Å². The van der Waals surface area contributed by atoms with E-state index in [0.29, 0.717) is 6.61 Å². The minimum atomic E-state index is -0.0876. The predicted molar refractivity (Wildman–Crippen MR) is 85.0 cm³/mol. The lowest BCUT2D eigenvalue weighted by molar-refractivity contribution is 0.340. The molecule has 4 heteroatoms. The molecule has 0 fully saturated rings. The van der Waals surface area contributed by atoms with Crippen LogP contribution in [0.3, 0.4) is 0 Å². The monoisotopic (exact) mass is 339 g/mol. The average Bonchev–Trinajstić information content (AvgIpc) is 2.87. The number of rotatable bonds is 5. The molecule has 0 aliphatic heterocycles. The lowest BCUT2D eigenvalue weighted by atomic mass is 10.1. The van der Waals surface area contributed by atoms with Gasteiger partial charge in [-0.05, 0) is 43.2 Å². The van der Waals surface area contributed by atoms with Gasteiger partial charge < -0.3 is 10.5 Å². The number of ether oxygens (including phenoxy) is 1. The van der Waals surface area contributed by atoms with E-state index in [1.165, 1.54) is 9.75 Å². The molecule has 1 heterocycles. The van der Waals surface area contributed by atoms with Gasteiger partial charge in [-0.3, -0.25) is 0 Å². The van der Waals surface area contributed by atoms with Gasteiger partial charge in [0.15, 0.2) is 0 Å². The summed E-state index contributed by atoms with van der Waals surface area (Å²) in [5, 5.41) is 0. The van der Waals surface area contributed by atoms with Crippen LogP contribution >= 0.6 is 27.3 Å². The highest BCUT2D eigenvalue weighted by atomic mass is 79.9. The first-order chi connectivity index (χ1) is 9.15. The Hall–Kier alpha value is -0.840. The van der Waals surface area contributed by atoms with Crippen molar-refractivity contribution in [2.45, 2.75) is 26.3 Å². The largest absolute Gasteiger partial charge is 0.494 e. The molecule has 1 unspecified atom stereocenters. The molecule has 0 bridgehead atoms. The number of benzene rings is 1. The van der Waals surface area contributed by atoms with Gasteiger partial charge in [-0.25, -0.2) is 0 Å². The molecular weight excluding hydrogens is 322 g/mol. The highest BCUT2D eigenvalue weighted by Gasteiger charge is 2.14. The SMILES string of the molecule is CCOc1ccc(C(N)c2ccc(CC)s2)c(Br)c1. The van der Waals surface area contributed by atoms with Gasteiger partial charge in [0, 0.05) is 14.2 Å². The van der Waals surface area contributed by atoms with Crippen LogP contribution in [-0.4, -0.2) is 6.61 Å². The van der Waals surface area contributed by atoms with Gasteiger partial charge in [0.25, 0.3) is 0 Å². The first kappa shape index (κ1) is 14.6. The van der Waals surface area contributed by atoms with E-state index in [2.05, 4.69) is 35.0 Å². The van der Waals surface area contributed by atoms with Crippen LogP contribution in [0.2, 0.25) is 0 Å². The third-order valence-electron chi connectivity index (χ3n) is 2.96. The molecular formula is C15H18BrNOS. The van der Waals surface area contributed by atoms with Crippen LogP contribution in [-0.2, 0) is 6.42 Å². The number of aryl methyl sites for hydroxylation is 1. The van der Waals surface area contributed by atoms with Gasteiger partial charge in [0.05, 0.1) is 12.6 Å². The van der Waals surface area contributed by atoms with E-state index in [1.807, 2.05) is 25.1 Å². The molecule has 1 atom stereocenters. The molecule has 0 amide bonds. The maximum absolute atomic E-state index is 6.35. The van der Waals surface area contributed by atoms with Gasteiger partial charge in [-0.1, -0.05) is 28.9 Å². The fraction of sp³-hybridized carbons (Fsp3) is 0.333. The predicted octanol–water partition coefficient (Wildman–Crippen LogP) is 4.52. The zero-order valence-corrected chi connectivity index (χ0v) is 13.6. The van der Waals surface area contributed by atoms with Crippen molar-refractivity contribution >= 4 is 27.3 Å². The zero-order valence-electron chi connectivity index (χ0n) is 11.2. The molecule has 2 rings (SSSR count). The Balaban J connectivity index is 2.25. The second-order valence-corrected chi connectivity index (χ2v) is 6.31. The topological polar surface area (TPSA) is 35.2 Å². The highest BCUT2D eigenvalue weighted by Crippen LogP contribution is 2.33. The van der Waals surface area contributed by atoms with E-state index >= 15 is 0 Å². The first-order valence-electron chi connectivity index (χ1n) is 6.42. The van der Waals surface area contributed by atoms with Crippen LogP contribution in [0.15, 0.2) is 34.8 Å². The molecule has 1 aromatic carbocycles. The van der Waals surface area contributed by atoms with Gasteiger partial charge in [0.2, 0.25) is 0 Å². The van der Waals surface area contributed by atoms with E-state index in [0.717, 1.165) is 22.2 Å². The van der Waals surface area contributed by atoms with Crippen LogP contribution in [0.1, 0.15) is 35.2 Å². The summed E-state index contributed by atoms with van der Waals surface area (Å²) < 4.78 is 6.48. The summed E-state index contributed by atoms with van der Waals surface area (Å²) >= 11 is 5.37. The van der Waals surface area contributed by atoms with Crippen LogP contribution < -0.4 is 10.5 Å². The molecule has 0 saturated heterocycles. The van der Waals surface area contributed by atoms with E-state index in [9.17, 15) is 0 Å². The van der Waals surface area contributed by atoms with E-state index in [-0.39, 0.29) is 6.04 Å². The number of hydrogen-bond acceptors (Lipinski definition) is 3. The summed E-state index contributed by atoms with van der Waals surface area (Å²) in [5.74, 6) is 0.866. The summed E-state index contributed by atoms with van der Waals surface area (Å²) in [4.78, 5) is 2.56. The fourth-order valence-electron chi connectivity index (χ4n) is 1.92. The van der Waals surface area contributed by atoms with Crippen molar-refractivity contribution in [1.82, 2.24) is 0 Å². The molecule has 1 aromatic heterocycles. The third-order valence-corrected chi connectivity index (χ3v) is 4.95. The molecule has 0 spiro atoms. The van der Waals surface area contributed by atoms with E-state index in [4.69, 9.17) is 10.5 Å². The Kier molecular flexibility index (Phi) is 5.02. The Morgan fingerprint density at radius 1 is 1.26 bits per heavy atom. The van der Waals surface area contributed by atoms with E-state index in [1.54, 1.807) is 11.3 Å². The molecule has 2 N–H and O–H groups in total. The fourth-order valence-corrected chi connectivity index (χ4v) is 3.50. The zero-order chi connectivity index (χ0) is 13.8. The van der Waals surface area contributed by atoms with Crippen molar-refractivity contribution in [2.24, 2.45) is 5.73 Å². The maximum Gasteiger partial charge on any atom is 0.120 e. The summed E-state index contributed by atoms with van der Waals surface area (Å²) in [5.41, 5.74) is 7.44. The Labute approximate surface area is 126 Å². The summed E-state index contributed by atoms with van der Waals surface area (Å²) in [6.45, 7) is 4.81. The smallest absolute Gasteiger partial charge is 0.120 e. The first-order valence-corrected chi connectivity index (χ1v) is 8.03. The lowest BCUT2D eigenvalue weighted by Crippen LogP contribution is -2.11. The second-order valence-electron chi connectivity index (χ2n) is 4.25. The van der Waals surface area contributed by atoms with Crippen molar-refractivity contribution < 1.29 is 4.74 Å². The van der Waals surface area contributed by atoms with Gasteiger partial charge in [-0.15, -0.1) is 11.3 Å². The van der Waals surface area contributed by atoms with Gasteiger partial charge in [0.1, 0.15) is 5.75 Å². The summed E-state index contributed by atoms with van der Waals surface area (Å²) in [7, 11) is 0. The maximum atomic E-state index is 6.35. The molecule has 2 aromatic rings. The van der Waals surface area contributed by atoms with Crippen molar-refractivity contribution in [3.05, 3.63) is 50.1 Å².